The van der Waals surface area contributed by atoms with E-state index in [0.29, 0.717) is 30.1 Å². The van der Waals surface area contributed by atoms with Crippen LogP contribution in [0.4, 0.5) is 21.9 Å². The van der Waals surface area contributed by atoms with Gasteiger partial charge in [-0.2, -0.15) is 0 Å². The van der Waals surface area contributed by atoms with Gasteiger partial charge in [0.05, 0.1) is 30.7 Å². The van der Waals surface area contributed by atoms with Crippen LogP contribution in [0.5, 0.6) is 5.75 Å². The Kier molecular flexibility index (Phi) is 9.67. The fourth-order valence-corrected chi connectivity index (χ4v) is 4.65. The normalized spacial score (nSPS) is 13.2. The highest BCUT2D eigenvalue weighted by atomic mass is 16.5. The maximum Gasteiger partial charge on any atom is 0.323 e. The number of piperidine rings is 1. The van der Waals surface area contributed by atoms with E-state index in [0.717, 1.165) is 68.9 Å². The number of nitrogens with one attached hydrogen (secondary N) is 2. The van der Waals surface area contributed by atoms with Crippen LogP contribution in [0.2, 0.25) is 0 Å². The number of carbonyl (C=O) groups excluding carboxylic acids is 2. The van der Waals surface area contributed by atoms with Gasteiger partial charge in [0.25, 0.3) is 5.91 Å². The molecule has 0 saturated carbocycles. The quantitative estimate of drug-likeness (QED) is 0.293. The van der Waals surface area contributed by atoms with Crippen LogP contribution >= 0.6 is 0 Å². The van der Waals surface area contributed by atoms with Crippen LogP contribution in [0.3, 0.4) is 0 Å². The van der Waals surface area contributed by atoms with Crippen LogP contribution in [-0.2, 0) is 6.54 Å². The van der Waals surface area contributed by atoms with Crippen LogP contribution in [0, 0.1) is 0 Å². The SMILES string of the molecule is CCCCN(Cc1ccco1)c1ccc(NC(=O)Nc2ccc(OCC)cc2)cc1C(=O)N1CCCCC1. The lowest BCUT2D eigenvalue weighted by Gasteiger charge is -2.31. The first kappa shape index (κ1) is 27.1. The number of furan rings is 1. The number of carbonyl (C=O) groups is 2. The lowest BCUT2D eigenvalue weighted by molar-refractivity contribution is 0.0725. The largest absolute Gasteiger partial charge is 0.494 e. The summed E-state index contributed by atoms with van der Waals surface area (Å²) in [6, 6.07) is 16.2. The zero-order chi connectivity index (χ0) is 26.7. The van der Waals surface area contributed by atoms with Gasteiger partial charge in [-0.25, -0.2) is 4.79 Å². The maximum atomic E-state index is 13.8. The molecular weight excluding hydrogens is 480 g/mol. The number of rotatable bonds is 11. The van der Waals surface area contributed by atoms with Gasteiger partial charge >= 0.3 is 6.03 Å². The summed E-state index contributed by atoms with van der Waals surface area (Å²) in [6.07, 6.45) is 6.86. The molecule has 3 aromatic rings. The lowest BCUT2D eigenvalue weighted by atomic mass is 10.1. The van der Waals surface area contributed by atoms with E-state index in [1.807, 2.05) is 48.2 Å². The molecule has 0 spiro atoms. The van der Waals surface area contributed by atoms with Gasteiger partial charge < -0.3 is 29.6 Å². The van der Waals surface area contributed by atoms with E-state index in [2.05, 4.69) is 22.5 Å². The minimum atomic E-state index is -0.378. The van der Waals surface area contributed by atoms with Crippen LogP contribution in [0.1, 0.15) is 62.1 Å². The molecule has 0 bridgehead atoms. The van der Waals surface area contributed by atoms with E-state index >= 15 is 0 Å². The molecule has 0 radical (unpaired) electrons. The van der Waals surface area contributed by atoms with Crippen molar-refractivity contribution >= 4 is 29.0 Å². The van der Waals surface area contributed by atoms with Crippen LogP contribution in [0.25, 0.3) is 0 Å². The average molecular weight is 519 g/mol. The first-order valence-corrected chi connectivity index (χ1v) is 13.6. The topological polar surface area (TPSA) is 87.0 Å². The van der Waals surface area contributed by atoms with Gasteiger partial charge in [-0.05, 0) is 87.2 Å². The minimum Gasteiger partial charge on any atom is -0.494 e. The standard InChI is InChI=1S/C30H38N4O4/c1-3-5-17-34(22-26-10-9-20-38-26)28-16-13-24(21-27(28)29(35)33-18-7-6-8-19-33)32-30(36)31-23-11-14-25(15-12-23)37-4-2/h9-16,20-21H,3-8,17-19,22H2,1-2H3,(H2,31,32,36). The highest BCUT2D eigenvalue weighted by molar-refractivity contribution is 6.04. The monoisotopic (exact) mass is 518 g/mol. The summed E-state index contributed by atoms with van der Waals surface area (Å²) < 4.78 is 11.1. The summed E-state index contributed by atoms with van der Waals surface area (Å²) in [5.41, 5.74) is 2.65. The number of benzene rings is 2. The van der Waals surface area contributed by atoms with Gasteiger partial charge in [0, 0.05) is 31.0 Å². The summed E-state index contributed by atoms with van der Waals surface area (Å²) in [4.78, 5) is 30.7. The molecule has 0 aliphatic carbocycles. The molecule has 4 rings (SSSR count). The van der Waals surface area contributed by atoms with Crippen molar-refractivity contribution in [2.24, 2.45) is 0 Å². The Bertz CT molecular complexity index is 1170. The Labute approximate surface area is 224 Å². The third-order valence-electron chi connectivity index (χ3n) is 6.60. The maximum absolute atomic E-state index is 13.8. The molecule has 8 nitrogen and oxygen atoms in total. The van der Waals surface area contributed by atoms with Crippen molar-refractivity contribution in [3.05, 3.63) is 72.2 Å². The van der Waals surface area contributed by atoms with Gasteiger partial charge in [0.1, 0.15) is 11.5 Å². The third-order valence-corrected chi connectivity index (χ3v) is 6.60. The van der Waals surface area contributed by atoms with Gasteiger partial charge in [-0.1, -0.05) is 13.3 Å². The number of nitrogens with zero attached hydrogens (tertiary/aromatic N) is 2. The molecule has 0 atom stereocenters. The molecule has 1 aliphatic heterocycles. The number of amides is 3. The Morgan fingerprint density at radius 1 is 0.974 bits per heavy atom. The highest BCUT2D eigenvalue weighted by Gasteiger charge is 2.24. The van der Waals surface area contributed by atoms with Crippen molar-refractivity contribution in [3.8, 4) is 5.75 Å². The van der Waals surface area contributed by atoms with Crippen molar-refractivity contribution in [1.82, 2.24) is 4.90 Å². The number of anilines is 3. The number of ether oxygens (including phenoxy) is 1. The molecule has 1 aliphatic rings. The Hall–Kier alpha value is -3.94. The van der Waals surface area contributed by atoms with Crippen molar-refractivity contribution in [2.75, 3.05) is 41.8 Å². The first-order chi connectivity index (χ1) is 18.6. The Balaban J connectivity index is 1.57. The predicted octanol–water partition coefficient (Wildman–Crippen LogP) is 6.76. The predicted molar refractivity (Wildman–Crippen MR) is 151 cm³/mol. The number of unbranched alkanes of at least 4 members (excludes halogenated alkanes) is 1. The summed E-state index contributed by atoms with van der Waals surface area (Å²) >= 11 is 0. The molecule has 1 saturated heterocycles. The number of hydrogen-bond donors (Lipinski definition) is 2. The van der Waals surface area contributed by atoms with E-state index in [-0.39, 0.29) is 11.9 Å². The molecule has 2 aromatic carbocycles. The second kappa shape index (κ2) is 13.6. The highest BCUT2D eigenvalue weighted by Crippen LogP contribution is 2.29. The van der Waals surface area contributed by atoms with Gasteiger partial charge in [-0.15, -0.1) is 0 Å². The minimum absolute atomic E-state index is 0.00351. The third kappa shape index (κ3) is 7.31. The van der Waals surface area contributed by atoms with E-state index < -0.39 is 0 Å². The number of likely N-dealkylation sites (tertiary alicyclic amines) is 1. The van der Waals surface area contributed by atoms with Crippen molar-refractivity contribution < 1.29 is 18.7 Å². The Morgan fingerprint density at radius 2 is 1.71 bits per heavy atom. The Morgan fingerprint density at radius 3 is 2.39 bits per heavy atom. The molecule has 2 heterocycles. The van der Waals surface area contributed by atoms with E-state index in [9.17, 15) is 9.59 Å². The molecular formula is C30H38N4O4. The molecule has 8 heteroatoms. The number of hydrogen-bond acceptors (Lipinski definition) is 5. The zero-order valence-electron chi connectivity index (χ0n) is 22.4. The van der Waals surface area contributed by atoms with Gasteiger partial charge in [0.15, 0.2) is 0 Å². The van der Waals surface area contributed by atoms with Crippen LogP contribution < -0.4 is 20.3 Å². The second-order valence-corrected chi connectivity index (χ2v) is 9.48. The molecule has 1 aromatic heterocycles. The van der Waals surface area contributed by atoms with Crippen LogP contribution in [-0.4, -0.2) is 43.1 Å². The van der Waals surface area contributed by atoms with Crippen molar-refractivity contribution in [3.63, 3.8) is 0 Å². The summed E-state index contributed by atoms with van der Waals surface area (Å²) in [5, 5.41) is 5.74. The summed E-state index contributed by atoms with van der Waals surface area (Å²) in [6.45, 7) is 7.53. The van der Waals surface area contributed by atoms with Crippen LogP contribution in [0.15, 0.2) is 65.3 Å². The molecule has 3 amide bonds. The van der Waals surface area contributed by atoms with E-state index in [1.54, 1.807) is 24.5 Å². The fourth-order valence-electron chi connectivity index (χ4n) is 4.65. The molecule has 1 fully saturated rings. The fraction of sp³-hybridized carbons (Fsp3) is 0.400. The summed E-state index contributed by atoms with van der Waals surface area (Å²) in [7, 11) is 0. The lowest BCUT2D eigenvalue weighted by Crippen LogP contribution is -2.37. The average Bonchev–Trinajstić information content (AvgIpc) is 3.45. The molecule has 0 unspecified atom stereocenters. The van der Waals surface area contributed by atoms with E-state index in [4.69, 9.17) is 9.15 Å². The van der Waals surface area contributed by atoms with Crippen molar-refractivity contribution in [2.45, 2.75) is 52.5 Å². The number of urea groups is 1. The molecule has 202 valence electrons. The summed E-state index contributed by atoms with van der Waals surface area (Å²) in [5.74, 6) is 1.59. The molecule has 2 N–H and O–H groups in total. The zero-order valence-corrected chi connectivity index (χ0v) is 22.4. The van der Waals surface area contributed by atoms with Gasteiger partial charge in [-0.3, -0.25) is 4.79 Å². The van der Waals surface area contributed by atoms with Crippen molar-refractivity contribution in [1.29, 1.82) is 0 Å². The second-order valence-electron chi connectivity index (χ2n) is 9.48. The van der Waals surface area contributed by atoms with E-state index in [1.165, 1.54) is 0 Å². The molecule has 38 heavy (non-hydrogen) atoms. The smallest absolute Gasteiger partial charge is 0.323 e. The van der Waals surface area contributed by atoms with Gasteiger partial charge in [0.2, 0.25) is 0 Å². The first-order valence-electron chi connectivity index (χ1n) is 13.6.